The van der Waals surface area contributed by atoms with Crippen LogP contribution in [0.15, 0.2) is 0 Å². The van der Waals surface area contributed by atoms with Gasteiger partial charge in [0.15, 0.2) is 5.13 Å². The van der Waals surface area contributed by atoms with E-state index in [0.29, 0.717) is 28.7 Å². The highest BCUT2D eigenvalue weighted by molar-refractivity contribution is 7.17. The summed E-state index contributed by atoms with van der Waals surface area (Å²) in [6.07, 6.45) is 1.44. The lowest BCUT2D eigenvalue weighted by Crippen LogP contribution is -2.35. The van der Waals surface area contributed by atoms with Crippen LogP contribution in [0.3, 0.4) is 0 Å². The smallest absolute Gasteiger partial charge is 0.350 e. The molecule has 0 aliphatic heterocycles. The van der Waals surface area contributed by atoms with Crippen molar-refractivity contribution in [1.82, 2.24) is 4.98 Å². The number of halogens is 1. The van der Waals surface area contributed by atoms with E-state index in [2.05, 4.69) is 10.3 Å². The Bertz CT molecular complexity index is 506. The van der Waals surface area contributed by atoms with Crippen LogP contribution in [0.5, 0.6) is 0 Å². The SMILES string of the molecule is CCCC(N)C(=O)Nc1nc(C(C)C)c(C(=O)OCC)s1.Cl. The van der Waals surface area contributed by atoms with Gasteiger partial charge in [0.25, 0.3) is 0 Å². The van der Waals surface area contributed by atoms with Gasteiger partial charge in [-0.15, -0.1) is 12.4 Å². The van der Waals surface area contributed by atoms with Crippen molar-refractivity contribution >= 4 is 40.8 Å². The summed E-state index contributed by atoms with van der Waals surface area (Å²) < 4.78 is 5.02. The van der Waals surface area contributed by atoms with E-state index in [4.69, 9.17) is 10.5 Å². The Kier molecular flexibility index (Phi) is 9.24. The fourth-order valence-electron chi connectivity index (χ4n) is 1.76. The summed E-state index contributed by atoms with van der Waals surface area (Å²) in [6.45, 7) is 7.89. The number of aromatic nitrogens is 1. The molecule has 0 fully saturated rings. The molecule has 1 atom stereocenters. The van der Waals surface area contributed by atoms with Gasteiger partial charge in [-0.05, 0) is 19.3 Å². The molecule has 0 aliphatic rings. The van der Waals surface area contributed by atoms with E-state index in [1.807, 2.05) is 20.8 Å². The first-order valence-corrected chi connectivity index (χ1v) is 7.96. The van der Waals surface area contributed by atoms with Gasteiger partial charge in [-0.3, -0.25) is 4.79 Å². The molecule has 126 valence electrons. The van der Waals surface area contributed by atoms with E-state index in [-0.39, 0.29) is 24.2 Å². The summed E-state index contributed by atoms with van der Waals surface area (Å²) in [4.78, 5) is 28.6. The number of esters is 1. The van der Waals surface area contributed by atoms with Crippen LogP contribution in [0.2, 0.25) is 0 Å². The molecule has 6 nitrogen and oxygen atoms in total. The molecule has 1 amide bonds. The number of carbonyl (C=O) groups is 2. The quantitative estimate of drug-likeness (QED) is 0.738. The minimum absolute atomic E-state index is 0. The summed E-state index contributed by atoms with van der Waals surface area (Å²) in [7, 11) is 0. The predicted octanol–water partition coefficient (Wildman–Crippen LogP) is 2.93. The zero-order valence-electron chi connectivity index (χ0n) is 13.3. The molecule has 1 unspecified atom stereocenters. The molecule has 1 aromatic heterocycles. The van der Waals surface area contributed by atoms with Gasteiger partial charge in [0.05, 0.1) is 18.3 Å². The number of nitrogens with one attached hydrogen (secondary N) is 1. The average Bonchev–Trinajstić information content (AvgIpc) is 2.83. The molecule has 0 radical (unpaired) electrons. The second-order valence-electron chi connectivity index (χ2n) is 4.99. The Hall–Kier alpha value is -1.18. The molecular weight excluding hydrogens is 326 g/mol. The first-order chi connectivity index (χ1) is 9.90. The van der Waals surface area contributed by atoms with Gasteiger partial charge in [0.1, 0.15) is 4.88 Å². The monoisotopic (exact) mass is 349 g/mol. The summed E-state index contributed by atoms with van der Waals surface area (Å²) in [5.41, 5.74) is 6.40. The van der Waals surface area contributed by atoms with Gasteiger partial charge in [-0.1, -0.05) is 38.5 Å². The molecule has 0 aromatic carbocycles. The van der Waals surface area contributed by atoms with E-state index in [1.165, 1.54) is 0 Å². The Labute approximate surface area is 141 Å². The molecule has 22 heavy (non-hydrogen) atoms. The number of rotatable bonds is 7. The molecule has 0 saturated heterocycles. The molecule has 0 saturated carbocycles. The third kappa shape index (κ3) is 5.55. The molecule has 1 aromatic rings. The minimum atomic E-state index is -0.563. The molecule has 0 aliphatic carbocycles. The normalized spacial score (nSPS) is 11.7. The maximum absolute atomic E-state index is 11.9. The van der Waals surface area contributed by atoms with Gasteiger partial charge in [0, 0.05) is 0 Å². The summed E-state index contributed by atoms with van der Waals surface area (Å²) in [6, 6.07) is -0.563. The molecular formula is C14H24ClN3O3S. The van der Waals surface area contributed by atoms with Crippen LogP contribution in [0.25, 0.3) is 0 Å². The Balaban J connectivity index is 0.00000441. The van der Waals surface area contributed by atoms with Crippen LogP contribution in [-0.2, 0) is 9.53 Å². The molecule has 1 heterocycles. The largest absolute Gasteiger partial charge is 0.462 e. The van der Waals surface area contributed by atoms with E-state index in [0.717, 1.165) is 17.8 Å². The Morgan fingerprint density at radius 1 is 1.36 bits per heavy atom. The fraction of sp³-hybridized carbons (Fsp3) is 0.643. The van der Waals surface area contributed by atoms with Crippen molar-refractivity contribution in [3.8, 4) is 0 Å². The van der Waals surface area contributed by atoms with Crippen molar-refractivity contribution in [2.45, 2.75) is 52.5 Å². The van der Waals surface area contributed by atoms with Crippen molar-refractivity contribution in [3.63, 3.8) is 0 Å². The second kappa shape index (κ2) is 9.76. The molecule has 0 spiro atoms. The number of amides is 1. The summed E-state index contributed by atoms with van der Waals surface area (Å²) in [5.74, 6) is -0.621. The number of carbonyl (C=O) groups excluding carboxylic acids is 2. The zero-order valence-corrected chi connectivity index (χ0v) is 15.0. The maximum atomic E-state index is 11.9. The van der Waals surface area contributed by atoms with Crippen LogP contribution in [0.4, 0.5) is 5.13 Å². The lowest BCUT2D eigenvalue weighted by molar-refractivity contribution is -0.117. The number of ether oxygens (including phenoxy) is 1. The van der Waals surface area contributed by atoms with E-state index >= 15 is 0 Å². The number of thiazole rings is 1. The van der Waals surface area contributed by atoms with Crippen LogP contribution in [0.1, 0.15) is 61.8 Å². The number of nitrogens with two attached hydrogens (primary N) is 1. The Morgan fingerprint density at radius 2 is 2.00 bits per heavy atom. The molecule has 8 heteroatoms. The first kappa shape index (κ1) is 20.8. The Morgan fingerprint density at radius 3 is 2.50 bits per heavy atom. The topological polar surface area (TPSA) is 94.3 Å². The summed E-state index contributed by atoms with van der Waals surface area (Å²) >= 11 is 1.13. The molecule has 0 bridgehead atoms. The van der Waals surface area contributed by atoms with Crippen LogP contribution in [-0.4, -0.2) is 29.5 Å². The number of anilines is 1. The number of hydrogen-bond donors (Lipinski definition) is 2. The highest BCUT2D eigenvalue weighted by Crippen LogP contribution is 2.29. The van der Waals surface area contributed by atoms with E-state index in [9.17, 15) is 9.59 Å². The van der Waals surface area contributed by atoms with Crippen molar-refractivity contribution in [3.05, 3.63) is 10.6 Å². The fourth-order valence-corrected chi connectivity index (χ4v) is 2.78. The van der Waals surface area contributed by atoms with Crippen LogP contribution in [0, 0.1) is 0 Å². The second-order valence-corrected chi connectivity index (χ2v) is 5.99. The third-order valence-electron chi connectivity index (χ3n) is 2.83. The minimum Gasteiger partial charge on any atom is -0.462 e. The zero-order chi connectivity index (χ0) is 16.0. The first-order valence-electron chi connectivity index (χ1n) is 7.14. The molecule has 3 N–H and O–H groups in total. The van der Waals surface area contributed by atoms with E-state index in [1.54, 1.807) is 6.92 Å². The number of hydrogen-bond acceptors (Lipinski definition) is 6. The summed E-state index contributed by atoms with van der Waals surface area (Å²) in [5, 5.41) is 3.06. The van der Waals surface area contributed by atoms with Gasteiger partial charge in [-0.2, -0.15) is 0 Å². The van der Waals surface area contributed by atoms with Gasteiger partial charge in [-0.25, -0.2) is 9.78 Å². The third-order valence-corrected chi connectivity index (χ3v) is 3.79. The standard InChI is InChI=1S/C14H23N3O3S.ClH/c1-5-7-9(15)12(18)17-14-16-10(8(3)4)11(21-14)13(19)20-6-2;/h8-9H,5-7,15H2,1-4H3,(H,16,17,18);1H. The van der Waals surface area contributed by atoms with E-state index < -0.39 is 12.0 Å². The average molecular weight is 350 g/mol. The van der Waals surface area contributed by atoms with Crippen molar-refractivity contribution in [2.24, 2.45) is 5.73 Å². The van der Waals surface area contributed by atoms with Gasteiger partial charge >= 0.3 is 5.97 Å². The lowest BCUT2D eigenvalue weighted by atomic mass is 10.1. The molecule has 1 rings (SSSR count). The van der Waals surface area contributed by atoms with Crippen molar-refractivity contribution in [1.29, 1.82) is 0 Å². The lowest BCUT2D eigenvalue weighted by Gasteiger charge is -2.08. The van der Waals surface area contributed by atoms with Gasteiger partial charge in [0.2, 0.25) is 5.91 Å². The maximum Gasteiger partial charge on any atom is 0.350 e. The highest BCUT2D eigenvalue weighted by Gasteiger charge is 2.23. The van der Waals surface area contributed by atoms with Crippen LogP contribution >= 0.6 is 23.7 Å². The van der Waals surface area contributed by atoms with Crippen molar-refractivity contribution in [2.75, 3.05) is 11.9 Å². The highest BCUT2D eigenvalue weighted by atomic mass is 35.5. The van der Waals surface area contributed by atoms with Gasteiger partial charge < -0.3 is 15.8 Å². The number of nitrogens with zero attached hydrogens (tertiary/aromatic N) is 1. The van der Waals surface area contributed by atoms with Crippen molar-refractivity contribution < 1.29 is 14.3 Å². The predicted molar refractivity (Wildman–Crippen MR) is 90.9 cm³/mol. The van der Waals surface area contributed by atoms with Crippen LogP contribution < -0.4 is 11.1 Å².